The van der Waals surface area contributed by atoms with E-state index >= 15 is 0 Å². The molecule has 2 heteroatoms. The molecule has 3 rings (SSSR count). The van der Waals surface area contributed by atoms with Crippen LogP contribution in [0.15, 0.2) is 60.7 Å². The van der Waals surface area contributed by atoms with Gasteiger partial charge in [-0.3, -0.25) is 0 Å². The lowest BCUT2D eigenvalue weighted by molar-refractivity contribution is -0.0771. The molecular weight excluding hydrogens is 306 g/mol. The van der Waals surface area contributed by atoms with Gasteiger partial charge in [-0.15, -0.1) is 0 Å². The van der Waals surface area contributed by atoms with Crippen LogP contribution in [-0.4, -0.2) is 18.8 Å². The van der Waals surface area contributed by atoms with Crippen LogP contribution >= 0.6 is 0 Å². The van der Waals surface area contributed by atoms with Crippen molar-refractivity contribution in [1.29, 1.82) is 0 Å². The van der Waals surface area contributed by atoms with Crippen LogP contribution in [0, 0.1) is 5.92 Å². The summed E-state index contributed by atoms with van der Waals surface area (Å²) < 4.78 is 5.95. The van der Waals surface area contributed by atoms with E-state index in [1.807, 2.05) is 0 Å². The van der Waals surface area contributed by atoms with Crippen LogP contribution in [0.5, 0.6) is 0 Å². The van der Waals surface area contributed by atoms with Crippen molar-refractivity contribution in [3.05, 3.63) is 71.8 Å². The number of benzene rings is 2. The van der Waals surface area contributed by atoms with E-state index in [9.17, 15) is 0 Å². The van der Waals surface area contributed by atoms with Gasteiger partial charge in [-0.05, 0) is 62.6 Å². The van der Waals surface area contributed by atoms with E-state index in [4.69, 9.17) is 4.74 Å². The highest BCUT2D eigenvalue weighted by Crippen LogP contribution is 2.39. The lowest BCUT2D eigenvalue weighted by Gasteiger charge is -2.39. The second-order valence-corrected chi connectivity index (χ2v) is 7.83. The van der Waals surface area contributed by atoms with Crippen molar-refractivity contribution in [3.8, 4) is 0 Å². The molecule has 1 heterocycles. The summed E-state index contributed by atoms with van der Waals surface area (Å²) in [6.07, 6.45) is 3.49. The van der Waals surface area contributed by atoms with Gasteiger partial charge in [0.2, 0.25) is 0 Å². The van der Waals surface area contributed by atoms with Crippen molar-refractivity contribution in [1.82, 2.24) is 5.32 Å². The average Bonchev–Trinajstić information content (AvgIpc) is 2.62. The Bertz CT molecular complexity index is 623. The zero-order valence-electron chi connectivity index (χ0n) is 15.6. The van der Waals surface area contributed by atoms with Gasteiger partial charge in [-0.25, -0.2) is 0 Å². The molecule has 1 saturated heterocycles. The van der Waals surface area contributed by atoms with Gasteiger partial charge in [0, 0.05) is 13.2 Å². The molecule has 0 amide bonds. The molecule has 0 spiro atoms. The van der Waals surface area contributed by atoms with Crippen LogP contribution in [0.1, 0.15) is 50.2 Å². The molecule has 1 N–H and O–H groups in total. The standard InChI is InChI=1S/C23H31NO/c1-23(2)17-21(14-16-25-23)22(20-11-7-4-8-12-20)13-15-24-18-19-9-5-3-6-10-19/h3-12,21-22,24H,13-18H2,1-2H3/t21-,22-/m1/s1. The van der Waals surface area contributed by atoms with Crippen LogP contribution in [-0.2, 0) is 11.3 Å². The first-order chi connectivity index (χ1) is 12.1. The molecule has 0 radical (unpaired) electrons. The summed E-state index contributed by atoms with van der Waals surface area (Å²) in [5.41, 5.74) is 2.84. The summed E-state index contributed by atoms with van der Waals surface area (Å²) in [5.74, 6) is 1.30. The highest BCUT2D eigenvalue weighted by Gasteiger charge is 2.33. The Balaban J connectivity index is 1.61. The Morgan fingerprint density at radius 1 is 1.04 bits per heavy atom. The van der Waals surface area contributed by atoms with Crippen molar-refractivity contribution >= 4 is 0 Å². The quantitative estimate of drug-likeness (QED) is 0.705. The van der Waals surface area contributed by atoms with Crippen LogP contribution in [0.3, 0.4) is 0 Å². The van der Waals surface area contributed by atoms with Gasteiger partial charge in [0.15, 0.2) is 0 Å². The molecule has 0 bridgehead atoms. The van der Waals surface area contributed by atoms with E-state index in [2.05, 4.69) is 79.8 Å². The Kier molecular flexibility index (Phi) is 6.28. The summed E-state index contributed by atoms with van der Waals surface area (Å²) in [4.78, 5) is 0. The van der Waals surface area contributed by atoms with E-state index in [-0.39, 0.29) is 5.60 Å². The maximum atomic E-state index is 5.95. The van der Waals surface area contributed by atoms with Crippen molar-refractivity contribution in [2.45, 2.75) is 51.2 Å². The largest absolute Gasteiger partial charge is 0.376 e. The van der Waals surface area contributed by atoms with Gasteiger partial charge in [0.05, 0.1) is 5.60 Å². The van der Waals surface area contributed by atoms with Crippen molar-refractivity contribution in [2.75, 3.05) is 13.2 Å². The first kappa shape index (κ1) is 18.2. The molecule has 1 aliphatic heterocycles. The minimum atomic E-state index is 0.00736. The van der Waals surface area contributed by atoms with Crippen LogP contribution in [0.4, 0.5) is 0 Å². The Morgan fingerprint density at radius 2 is 1.72 bits per heavy atom. The topological polar surface area (TPSA) is 21.3 Å². The van der Waals surface area contributed by atoms with E-state index in [1.54, 1.807) is 0 Å². The monoisotopic (exact) mass is 337 g/mol. The molecule has 1 fully saturated rings. The maximum Gasteiger partial charge on any atom is 0.0629 e. The fraction of sp³-hybridized carbons (Fsp3) is 0.478. The van der Waals surface area contributed by atoms with Gasteiger partial charge in [-0.2, -0.15) is 0 Å². The molecule has 1 aliphatic rings. The minimum Gasteiger partial charge on any atom is -0.376 e. The predicted octanol–water partition coefficient (Wildman–Crippen LogP) is 5.16. The third-order valence-corrected chi connectivity index (χ3v) is 5.34. The van der Waals surface area contributed by atoms with Crippen molar-refractivity contribution < 1.29 is 4.74 Å². The van der Waals surface area contributed by atoms with E-state index in [0.717, 1.165) is 26.1 Å². The molecule has 2 aromatic carbocycles. The zero-order chi connectivity index (χ0) is 17.5. The summed E-state index contributed by atoms with van der Waals surface area (Å²) >= 11 is 0. The molecule has 0 unspecified atom stereocenters. The number of nitrogens with one attached hydrogen (secondary N) is 1. The highest BCUT2D eigenvalue weighted by molar-refractivity contribution is 5.21. The van der Waals surface area contributed by atoms with E-state index < -0.39 is 0 Å². The molecular formula is C23H31NO. The summed E-state index contributed by atoms with van der Waals surface area (Å²) in [6.45, 7) is 7.34. The third kappa shape index (κ3) is 5.42. The average molecular weight is 338 g/mol. The van der Waals surface area contributed by atoms with Crippen LogP contribution in [0.2, 0.25) is 0 Å². The molecule has 0 aliphatic carbocycles. The fourth-order valence-corrected chi connectivity index (χ4v) is 4.08. The van der Waals surface area contributed by atoms with E-state index in [1.165, 1.54) is 24.0 Å². The number of hydrogen-bond donors (Lipinski definition) is 1. The molecule has 2 aromatic rings. The number of ether oxygens (including phenoxy) is 1. The van der Waals surface area contributed by atoms with Gasteiger partial charge in [-0.1, -0.05) is 60.7 Å². The number of hydrogen-bond acceptors (Lipinski definition) is 2. The summed E-state index contributed by atoms with van der Waals surface area (Å²) in [7, 11) is 0. The van der Waals surface area contributed by atoms with Crippen molar-refractivity contribution in [2.24, 2.45) is 5.92 Å². The van der Waals surface area contributed by atoms with E-state index in [0.29, 0.717) is 11.8 Å². The fourth-order valence-electron chi connectivity index (χ4n) is 4.08. The lowest BCUT2D eigenvalue weighted by atomic mass is 9.75. The molecule has 0 saturated carbocycles. The Hall–Kier alpha value is -1.64. The first-order valence-electron chi connectivity index (χ1n) is 9.58. The van der Waals surface area contributed by atoms with Gasteiger partial charge in [0.25, 0.3) is 0 Å². The second kappa shape index (κ2) is 8.64. The third-order valence-electron chi connectivity index (χ3n) is 5.34. The SMILES string of the molecule is CC1(C)C[C@H]([C@H](CCNCc2ccccc2)c2ccccc2)CCO1. The van der Waals surface area contributed by atoms with Crippen LogP contribution in [0.25, 0.3) is 0 Å². The molecule has 25 heavy (non-hydrogen) atoms. The van der Waals surface area contributed by atoms with Gasteiger partial charge < -0.3 is 10.1 Å². The van der Waals surface area contributed by atoms with Crippen molar-refractivity contribution in [3.63, 3.8) is 0 Å². The smallest absolute Gasteiger partial charge is 0.0629 e. The molecule has 0 aromatic heterocycles. The highest BCUT2D eigenvalue weighted by atomic mass is 16.5. The molecule has 134 valence electrons. The second-order valence-electron chi connectivity index (χ2n) is 7.83. The molecule has 2 atom stereocenters. The Labute approximate surface area is 152 Å². The maximum absolute atomic E-state index is 5.95. The summed E-state index contributed by atoms with van der Waals surface area (Å²) in [6, 6.07) is 21.7. The van der Waals surface area contributed by atoms with Gasteiger partial charge in [0.1, 0.15) is 0 Å². The molecule has 2 nitrogen and oxygen atoms in total. The summed E-state index contributed by atoms with van der Waals surface area (Å²) in [5, 5.41) is 3.63. The Morgan fingerprint density at radius 3 is 2.40 bits per heavy atom. The predicted molar refractivity (Wildman–Crippen MR) is 105 cm³/mol. The van der Waals surface area contributed by atoms with Crippen LogP contribution < -0.4 is 5.32 Å². The normalized spacial score (nSPS) is 21.0. The zero-order valence-corrected chi connectivity index (χ0v) is 15.6. The van der Waals surface area contributed by atoms with Gasteiger partial charge >= 0.3 is 0 Å². The first-order valence-corrected chi connectivity index (χ1v) is 9.58. The number of rotatable bonds is 7. The minimum absolute atomic E-state index is 0.00736. The lowest BCUT2D eigenvalue weighted by Crippen LogP contribution is -2.36.